The number of para-hydroxylation sites is 6. The van der Waals surface area contributed by atoms with Crippen molar-refractivity contribution in [1.29, 1.82) is 0 Å². The van der Waals surface area contributed by atoms with Crippen molar-refractivity contribution in [3.63, 3.8) is 0 Å². The molecule has 5 nitrogen and oxygen atoms in total. The molecule has 9 aromatic carbocycles. The first kappa shape index (κ1) is 39.3. The standard InChI is InChI=1S/C61H38F3N5/c1-37-32-38(34-39(33-37)61(62,63)64)50-35-56(69-54-27-15-11-23-45(54)49-31-29-47-43-21-9-13-25-52(43)67(58(47)60(49)69)41-18-6-3-7-19-41)65-36-55(50)68-53-26-14-10-22-44(53)48-30-28-46-42-20-8-12-24-51(42)66(57(46)59(48)68)40-16-4-2-5-17-40/h2-36H,1H3. The lowest BCUT2D eigenvalue weighted by Crippen LogP contribution is -2.07. The summed E-state index contributed by atoms with van der Waals surface area (Å²) >= 11 is 0. The van der Waals surface area contributed by atoms with Crippen LogP contribution in [0.2, 0.25) is 0 Å². The van der Waals surface area contributed by atoms with Crippen molar-refractivity contribution in [2.45, 2.75) is 13.1 Å². The Hall–Kier alpha value is -8.88. The van der Waals surface area contributed by atoms with E-state index in [9.17, 15) is 13.2 Å². The summed E-state index contributed by atoms with van der Waals surface area (Å²) in [6.45, 7) is 1.73. The van der Waals surface area contributed by atoms with Crippen LogP contribution in [0.5, 0.6) is 0 Å². The number of aromatic nitrogens is 5. The number of fused-ring (bicyclic) bond motifs is 14. The fraction of sp³-hybridized carbons (Fsp3) is 0.0328. The van der Waals surface area contributed by atoms with Crippen LogP contribution in [0.25, 0.3) is 121 Å². The van der Waals surface area contributed by atoms with Gasteiger partial charge in [-0.05, 0) is 84.8 Å². The van der Waals surface area contributed by atoms with Crippen LogP contribution in [0.3, 0.4) is 0 Å². The third kappa shape index (κ3) is 5.69. The van der Waals surface area contributed by atoms with Gasteiger partial charge >= 0.3 is 6.18 Å². The molecule has 0 aliphatic carbocycles. The maximum atomic E-state index is 15.0. The van der Waals surface area contributed by atoms with E-state index in [2.05, 4.69) is 152 Å². The van der Waals surface area contributed by atoms with Gasteiger partial charge in [-0.15, -0.1) is 0 Å². The molecular weight excluding hydrogens is 860 g/mol. The van der Waals surface area contributed by atoms with Gasteiger partial charge in [-0.2, -0.15) is 13.2 Å². The van der Waals surface area contributed by atoms with E-state index in [1.54, 1.807) is 6.92 Å². The molecule has 0 aliphatic heterocycles. The molecule has 14 rings (SSSR count). The van der Waals surface area contributed by atoms with Crippen LogP contribution in [-0.4, -0.2) is 23.3 Å². The summed E-state index contributed by atoms with van der Waals surface area (Å²) in [5.74, 6) is 0.580. The predicted octanol–water partition coefficient (Wildman–Crippen LogP) is 16.5. The average molecular weight is 898 g/mol. The second kappa shape index (κ2) is 14.6. The van der Waals surface area contributed by atoms with Gasteiger partial charge in [-0.3, -0.25) is 4.57 Å². The van der Waals surface area contributed by atoms with E-state index in [1.165, 1.54) is 12.1 Å². The van der Waals surface area contributed by atoms with Crippen molar-refractivity contribution in [1.82, 2.24) is 23.3 Å². The van der Waals surface area contributed by atoms with Crippen molar-refractivity contribution in [2.24, 2.45) is 0 Å². The Labute approximate surface area is 392 Å². The first-order chi connectivity index (χ1) is 33.8. The van der Waals surface area contributed by atoms with Crippen molar-refractivity contribution < 1.29 is 13.2 Å². The molecule has 0 radical (unpaired) electrons. The normalized spacial score (nSPS) is 12.3. The number of rotatable bonds is 5. The fourth-order valence-electron chi connectivity index (χ4n) is 11.3. The number of halogens is 3. The van der Waals surface area contributed by atoms with E-state index in [-0.39, 0.29) is 0 Å². The highest BCUT2D eigenvalue weighted by Crippen LogP contribution is 2.46. The Morgan fingerprint density at radius 1 is 0.377 bits per heavy atom. The molecular formula is C61H38F3N5. The largest absolute Gasteiger partial charge is 0.416 e. The van der Waals surface area contributed by atoms with E-state index in [4.69, 9.17) is 4.98 Å². The molecule has 0 fully saturated rings. The lowest BCUT2D eigenvalue weighted by Gasteiger charge is -2.19. The first-order valence-corrected chi connectivity index (χ1v) is 23.0. The number of hydrogen-bond donors (Lipinski definition) is 0. The molecule has 0 unspecified atom stereocenters. The Morgan fingerprint density at radius 3 is 1.23 bits per heavy atom. The van der Waals surface area contributed by atoms with Gasteiger partial charge in [0, 0.05) is 60.0 Å². The summed E-state index contributed by atoms with van der Waals surface area (Å²) in [4.78, 5) is 5.44. The minimum Gasteiger partial charge on any atom is -0.307 e. The molecule has 0 atom stereocenters. The predicted molar refractivity (Wildman–Crippen MR) is 277 cm³/mol. The zero-order valence-corrected chi connectivity index (χ0v) is 37.1. The molecule has 69 heavy (non-hydrogen) atoms. The molecule has 0 bridgehead atoms. The van der Waals surface area contributed by atoms with Crippen molar-refractivity contribution in [2.75, 3.05) is 0 Å². The molecule has 0 spiro atoms. The SMILES string of the molecule is Cc1cc(-c2cc(-n3c4ccccc4c4ccc5c6ccccc6n(-c6ccccc6)c5c43)ncc2-n2c3ccccc3c3ccc4c5ccccc5n(-c5ccccc5)c4c32)cc(C(F)(F)F)c1. The van der Waals surface area contributed by atoms with Gasteiger partial charge in [-0.25, -0.2) is 4.98 Å². The van der Waals surface area contributed by atoms with Crippen molar-refractivity contribution in [3.05, 3.63) is 224 Å². The van der Waals surface area contributed by atoms with Crippen molar-refractivity contribution >= 4 is 87.2 Å². The third-order valence-corrected chi connectivity index (χ3v) is 14.0. The van der Waals surface area contributed by atoms with Gasteiger partial charge in [0.1, 0.15) is 5.82 Å². The highest BCUT2D eigenvalue weighted by molar-refractivity contribution is 6.25. The molecule has 14 aromatic rings. The number of aryl methyl sites for hydroxylation is 1. The zero-order chi connectivity index (χ0) is 46.1. The molecule has 8 heteroatoms. The topological polar surface area (TPSA) is 32.6 Å². The Balaban J connectivity index is 1.16. The number of hydrogen-bond acceptors (Lipinski definition) is 1. The number of pyridine rings is 1. The van der Waals surface area contributed by atoms with Gasteiger partial charge < -0.3 is 13.7 Å². The van der Waals surface area contributed by atoms with Crippen LogP contribution in [0.4, 0.5) is 13.2 Å². The number of benzene rings is 9. The molecule has 0 saturated carbocycles. The highest BCUT2D eigenvalue weighted by Gasteiger charge is 2.32. The van der Waals surface area contributed by atoms with Crippen LogP contribution in [0.1, 0.15) is 11.1 Å². The zero-order valence-electron chi connectivity index (χ0n) is 37.1. The minimum atomic E-state index is -4.57. The van der Waals surface area contributed by atoms with Gasteiger partial charge in [0.2, 0.25) is 0 Å². The van der Waals surface area contributed by atoms with Crippen LogP contribution in [0.15, 0.2) is 212 Å². The number of alkyl halides is 3. The van der Waals surface area contributed by atoms with Crippen LogP contribution in [-0.2, 0) is 6.18 Å². The molecule has 5 heterocycles. The van der Waals surface area contributed by atoms with Gasteiger partial charge in [0.15, 0.2) is 0 Å². The molecule has 0 aliphatic rings. The van der Waals surface area contributed by atoms with E-state index in [0.717, 1.165) is 98.6 Å². The fourth-order valence-corrected chi connectivity index (χ4v) is 11.3. The minimum absolute atomic E-state index is 0.437. The lowest BCUT2D eigenvalue weighted by molar-refractivity contribution is -0.137. The number of nitrogens with zero attached hydrogens (tertiary/aromatic N) is 5. The summed E-state index contributed by atoms with van der Waals surface area (Å²) < 4.78 is 54.0. The smallest absolute Gasteiger partial charge is 0.307 e. The molecule has 0 amide bonds. The van der Waals surface area contributed by atoms with Crippen LogP contribution < -0.4 is 0 Å². The summed E-state index contributed by atoms with van der Waals surface area (Å²) in [6.07, 6.45) is -2.70. The van der Waals surface area contributed by atoms with E-state index in [1.807, 2.05) is 66.9 Å². The van der Waals surface area contributed by atoms with E-state index in [0.29, 0.717) is 28.2 Å². The molecule has 5 aromatic heterocycles. The average Bonchev–Trinajstić information content (AvgIpc) is 4.11. The molecule has 328 valence electrons. The summed E-state index contributed by atoms with van der Waals surface area (Å²) in [7, 11) is 0. The second-order valence-electron chi connectivity index (χ2n) is 17.9. The maximum Gasteiger partial charge on any atom is 0.416 e. The van der Waals surface area contributed by atoms with Gasteiger partial charge in [0.05, 0.1) is 61.6 Å². The third-order valence-electron chi connectivity index (χ3n) is 14.0. The molecule has 0 N–H and O–H groups in total. The van der Waals surface area contributed by atoms with Crippen LogP contribution >= 0.6 is 0 Å². The monoisotopic (exact) mass is 897 g/mol. The Kier molecular flexibility index (Phi) is 8.29. The summed E-state index contributed by atoms with van der Waals surface area (Å²) in [6, 6.07) is 69.4. The second-order valence-corrected chi connectivity index (χ2v) is 17.9. The van der Waals surface area contributed by atoms with Crippen molar-refractivity contribution in [3.8, 4) is 34.0 Å². The van der Waals surface area contributed by atoms with Crippen LogP contribution in [0, 0.1) is 6.92 Å². The van der Waals surface area contributed by atoms with Gasteiger partial charge in [0.25, 0.3) is 0 Å². The van der Waals surface area contributed by atoms with E-state index < -0.39 is 11.7 Å². The van der Waals surface area contributed by atoms with Gasteiger partial charge in [-0.1, -0.05) is 140 Å². The Morgan fingerprint density at radius 2 is 0.768 bits per heavy atom. The first-order valence-electron chi connectivity index (χ1n) is 23.0. The molecule has 0 saturated heterocycles. The highest BCUT2D eigenvalue weighted by atomic mass is 19.4. The summed E-state index contributed by atoms with van der Waals surface area (Å²) in [5.41, 5.74) is 11.4. The lowest BCUT2D eigenvalue weighted by atomic mass is 9.99. The quantitative estimate of drug-likeness (QED) is 0.169. The van der Waals surface area contributed by atoms with E-state index >= 15 is 0 Å². The maximum absolute atomic E-state index is 15.0. The Bertz CT molecular complexity index is 4420. The summed E-state index contributed by atoms with van der Waals surface area (Å²) in [5, 5.41) is 8.49.